The highest BCUT2D eigenvalue weighted by Gasteiger charge is 2.11. The summed E-state index contributed by atoms with van der Waals surface area (Å²) in [4.78, 5) is 14.8. The minimum atomic E-state index is -0.426. The minimum Gasteiger partial charge on any atom is -0.330 e. The molecule has 0 radical (unpaired) electrons. The lowest BCUT2D eigenvalue weighted by molar-refractivity contribution is -0.384. The molecule has 1 N–H and O–H groups in total. The van der Waals surface area contributed by atoms with Crippen molar-refractivity contribution in [2.24, 2.45) is 0 Å². The summed E-state index contributed by atoms with van der Waals surface area (Å²) in [7, 11) is 0. The van der Waals surface area contributed by atoms with Crippen molar-refractivity contribution >= 4 is 38.9 Å². The number of hydrogen-bond donors (Lipinski definition) is 1. The molecular weight excluding hydrogens is 352 g/mol. The zero-order valence-electron chi connectivity index (χ0n) is 13.8. The average molecular weight is 366 g/mol. The molecule has 0 aliphatic rings. The van der Waals surface area contributed by atoms with Gasteiger partial charge in [0.1, 0.15) is 10.8 Å². The smallest absolute Gasteiger partial charge is 0.269 e. The van der Waals surface area contributed by atoms with E-state index in [1.165, 1.54) is 23.5 Å². The van der Waals surface area contributed by atoms with E-state index in [9.17, 15) is 10.1 Å². The number of aromatic nitrogens is 4. The van der Waals surface area contributed by atoms with E-state index in [0.717, 1.165) is 27.6 Å². The van der Waals surface area contributed by atoms with Crippen molar-refractivity contribution in [2.75, 3.05) is 5.32 Å². The van der Waals surface area contributed by atoms with Gasteiger partial charge in [-0.2, -0.15) is 0 Å². The lowest BCUT2D eigenvalue weighted by Crippen LogP contribution is -2.01. The highest BCUT2D eigenvalue weighted by molar-refractivity contribution is 7.15. The fraction of sp³-hybridized carbons (Fsp3) is 0.118. The highest BCUT2D eigenvalue weighted by atomic mass is 32.1. The van der Waals surface area contributed by atoms with Crippen molar-refractivity contribution in [1.29, 1.82) is 0 Å². The molecule has 0 saturated carbocycles. The van der Waals surface area contributed by atoms with Crippen molar-refractivity contribution in [2.45, 2.75) is 13.5 Å². The fourth-order valence-corrected chi connectivity index (χ4v) is 3.44. The first kappa shape index (κ1) is 16.2. The van der Waals surface area contributed by atoms with Crippen LogP contribution in [0.5, 0.6) is 0 Å². The van der Waals surface area contributed by atoms with E-state index < -0.39 is 4.92 Å². The Hall–Kier alpha value is -3.33. The van der Waals surface area contributed by atoms with Gasteiger partial charge in [0.2, 0.25) is 5.13 Å². The maximum atomic E-state index is 10.7. The quantitative estimate of drug-likeness (QED) is 0.425. The second-order valence-corrected chi connectivity index (χ2v) is 6.73. The van der Waals surface area contributed by atoms with Gasteiger partial charge in [0.05, 0.1) is 22.5 Å². The molecule has 0 atom stereocenters. The number of nitrogens with zero attached hydrogens (tertiary/aromatic N) is 5. The van der Waals surface area contributed by atoms with Gasteiger partial charge in [0, 0.05) is 17.8 Å². The van der Waals surface area contributed by atoms with Gasteiger partial charge in [-0.3, -0.25) is 10.1 Å². The van der Waals surface area contributed by atoms with Crippen LogP contribution in [-0.4, -0.2) is 24.7 Å². The van der Waals surface area contributed by atoms with Gasteiger partial charge in [-0.1, -0.05) is 23.5 Å². The molecule has 0 aliphatic heterocycles. The summed E-state index contributed by atoms with van der Waals surface area (Å²) in [5.41, 5.74) is 2.79. The first-order chi connectivity index (χ1) is 12.6. The molecule has 0 unspecified atom stereocenters. The molecule has 2 aromatic heterocycles. The molecule has 4 aromatic rings. The third-order valence-electron chi connectivity index (χ3n) is 3.94. The normalized spacial score (nSPS) is 11.0. The molecule has 0 saturated heterocycles. The van der Waals surface area contributed by atoms with Crippen LogP contribution < -0.4 is 5.32 Å². The van der Waals surface area contributed by atoms with E-state index in [1.807, 2.05) is 31.2 Å². The predicted octanol–water partition coefficient (Wildman–Crippen LogP) is 3.90. The second kappa shape index (κ2) is 6.52. The number of anilines is 2. The topological polar surface area (TPSA) is 98.8 Å². The lowest BCUT2D eigenvalue weighted by atomic mass is 10.3. The SMILES string of the molecule is Cc1nc2ccccc2n1Cc1nnc(Nc2ccc([N+](=O)[O-])cc2)s1. The molecule has 26 heavy (non-hydrogen) atoms. The number of nitrogens with one attached hydrogen (secondary N) is 1. The maximum absolute atomic E-state index is 10.7. The molecule has 9 heteroatoms. The van der Waals surface area contributed by atoms with Gasteiger partial charge in [0.25, 0.3) is 5.69 Å². The number of aryl methyl sites for hydroxylation is 1. The minimum absolute atomic E-state index is 0.0518. The Balaban J connectivity index is 1.52. The first-order valence-corrected chi connectivity index (χ1v) is 8.67. The number of rotatable bonds is 5. The Bertz CT molecular complexity index is 1090. The predicted molar refractivity (Wildman–Crippen MR) is 99.9 cm³/mol. The summed E-state index contributed by atoms with van der Waals surface area (Å²) in [6.07, 6.45) is 0. The van der Waals surface area contributed by atoms with Crippen molar-refractivity contribution < 1.29 is 4.92 Å². The van der Waals surface area contributed by atoms with E-state index >= 15 is 0 Å². The van der Waals surface area contributed by atoms with Crippen molar-refractivity contribution in [3.63, 3.8) is 0 Å². The van der Waals surface area contributed by atoms with Crippen molar-refractivity contribution in [3.05, 3.63) is 69.5 Å². The molecule has 2 aromatic carbocycles. The van der Waals surface area contributed by atoms with E-state index in [2.05, 4.69) is 25.1 Å². The van der Waals surface area contributed by atoms with Crippen LogP contribution in [0.3, 0.4) is 0 Å². The number of nitro groups is 1. The number of para-hydroxylation sites is 2. The molecule has 0 aliphatic carbocycles. The molecular formula is C17H14N6O2S. The first-order valence-electron chi connectivity index (χ1n) is 7.86. The Kier molecular flexibility index (Phi) is 4.05. The van der Waals surface area contributed by atoms with Crippen LogP contribution in [0.1, 0.15) is 10.8 Å². The largest absolute Gasteiger partial charge is 0.330 e. The van der Waals surface area contributed by atoms with Crippen molar-refractivity contribution in [3.8, 4) is 0 Å². The van der Waals surface area contributed by atoms with Gasteiger partial charge in [0.15, 0.2) is 0 Å². The third-order valence-corrected chi connectivity index (χ3v) is 4.76. The number of non-ortho nitro benzene ring substituents is 1. The van der Waals surface area contributed by atoms with Crippen LogP contribution in [0.15, 0.2) is 48.5 Å². The zero-order chi connectivity index (χ0) is 18.1. The summed E-state index contributed by atoms with van der Waals surface area (Å²) < 4.78 is 2.10. The van der Waals surface area contributed by atoms with Gasteiger partial charge in [-0.15, -0.1) is 10.2 Å². The Morgan fingerprint density at radius 1 is 1.15 bits per heavy atom. The third kappa shape index (κ3) is 3.11. The van der Waals surface area contributed by atoms with Gasteiger partial charge < -0.3 is 9.88 Å². The standard InChI is InChI=1S/C17H14N6O2S/c1-11-18-14-4-2-3-5-15(14)22(11)10-16-20-21-17(26-16)19-12-6-8-13(9-7-12)23(24)25/h2-9H,10H2,1H3,(H,19,21). The second-order valence-electron chi connectivity index (χ2n) is 5.66. The lowest BCUT2D eigenvalue weighted by Gasteiger charge is -2.03. The van der Waals surface area contributed by atoms with E-state index in [1.54, 1.807) is 12.1 Å². The molecule has 0 fully saturated rings. The van der Waals surface area contributed by atoms with Crippen LogP contribution in [0.2, 0.25) is 0 Å². The Morgan fingerprint density at radius 3 is 2.69 bits per heavy atom. The average Bonchev–Trinajstić information content (AvgIpc) is 3.20. The number of hydrogen-bond acceptors (Lipinski definition) is 7. The molecule has 4 rings (SSSR count). The number of fused-ring (bicyclic) bond motifs is 1. The molecule has 0 amide bonds. The van der Waals surface area contributed by atoms with E-state index in [-0.39, 0.29) is 5.69 Å². The van der Waals surface area contributed by atoms with Crippen molar-refractivity contribution in [1.82, 2.24) is 19.7 Å². The molecule has 130 valence electrons. The summed E-state index contributed by atoms with van der Waals surface area (Å²) in [6, 6.07) is 14.2. The van der Waals surface area contributed by atoms with Crippen LogP contribution in [0, 0.1) is 17.0 Å². The van der Waals surface area contributed by atoms with Gasteiger partial charge in [-0.05, 0) is 31.2 Å². The fourth-order valence-electron chi connectivity index (χ4n) is 2.69. The Morgan fingerprint density at radius 2 is 1.92 bits per heavy atom. The van der Waals surface area contributed by atoms with Crippen LogP contribution in [0.25, 0.3) is 11.0 Å². The summed E-state index contributed by atoms with van der Waals surface area (Å²) in [6.45, 7) is 2.56. The van der Waals surface area contributed by atoms with E-state index in [0.29, 0.717) is 11.7 Å². The van der Waals surface area contributed by atoms with Gasteiger partial charge >= 0.3 is 0 Å². The maximum Gasteiger partial charge on any atom is 0.269 e. The van der Waals surface area contributed by atoms with E-state index in [4.69, 9.17) is 0 Å². The molecule has 0 spiro atoms. The molecule has 8 nitrogen and oxygen atoms in total. The summed E-state index contributed by atoms with van der Waals surface area (Å²) in [5, 5.41) is 23.7. The van der Waals surface area contributed by atoms with Crippen LogP contribution in [-0.2, 0) is 6.54 Å². The van der Waals surface area contributed by atoms with Gasteiger partial charge in [-0.25, -0.2) is 4.98 Å². The molecule has 2 heterocycles. The van der Waals surface area contributed by atoms with Crippen LogP contribution in [0.4, 0.5) is 16.5 Å². The Labute approximate surface area is 152 Å². The highest BCUT2D eigenvalue weighted by Crippen LogP contribution is 2.24. The van der Waals surface area contributed by atoms with Crippen LogP contribution >= 0.6 is 11.3 Å². The summed E-state index contributed by atoms with van der Waals surface area (Å²) in [5.74, 6) is 0.922. The monoisotopic (exact) mass is 366 g/mol. The number of imidazole rings is 1. The zero-order valence-corrected chi connectivity index (χ0v) is 14.6. The summed E-state index contributed by atoms with van der Waals surface area (Å²) >= 11 is 1.44. The number of benzene rings is 2. The molecule has 0 bridgehead atoms. The number of nitro benzene ring substituents is 1.